The third-order valence-electron chi connectivity index (χ3n) is 6.77. The summed E-state index contributed by atoms with van der Waals surface area (Å²) in [7, 11) is 3.86. The Balaban J connectivity index is 0.000000316. The highest BCUT2D eigenvalue weighted by Gasteiger charge is 2.26. The van der Waals surface area contributed by atoms with Gasteiger partial charge < -0.3 is 20.2 Å². The molecule has 6 rings (SSSR count). The molecule has 2 saturated heterocycles. The van der Waals surface area contributed by atoms with E-state index in [1.165, 1.54) is 4.90 Å². The number of likely N-dealkylation sites (N-methyl/N-ethyl adjacent to an activating group) is 1. The van der Waals surface area contributed by atoms with Crippen molar-refractivity contribution >= 4 is 28.9 Å². The Hall–Kier alpha value is -3.67. The summed E-state index contributed by atoms with van der Waals surface area (Å²) in [5, 5.41) is 19.5. The Bertz CT molecular complexity index is 1340. The van der Waals surface area contributed by atoms with Crippen LogP contribution < -0.4 is 5.32 Å². The highest BCUT2D eigenvalue weighted by Crippen LogP contribution is 2.28. The number of aromatic nitrogens is 5. The molecule has 0 aliphatic carbocycles. The number of amides is 1. The van der Waals surface area contributed by atoms with Gasteiger partial charge in [-0.25, -0.2) is 15.0 Å². The maximum Gasteiger partial charge on any atom is 0.251 e. The van der Waals surface area contributed by atoms with E-state index in [1.54, 1.807) is 24.6 Å². The van der Waals surface area contributed by atoms with E-state index in [0.717, 1.165) is 53.6 Å². The lowest BCUT2D eigenvalue weighted by molar-refractivity contribution is -0.133. The molecule has 2 aliphatic heterocycles. The third-order valence-corrected chi connectivity index (χ3v) is 7.63. The Kier molecular flexibility index (Phi) is 8.06. The molecule has 0 radical (unpaired) electrons. The summed E-state index contributed by atoms with van der Waals surface area (Å²) in [5.74, 6) is 0.400. The van der Waals surface area contributed by atoms with Gasteiger partial charge in [-0.05, 0) is 45.5 Å². The number of nitrogens with one attached hydrogen (secondary N) is 1. The van der Waals surface area contributed by atoms with Gasteiger partial charge in [0.25, 0.3) is 5.91 Å². The lowest BCUT2D eigenvalue weighted by atomic mass is 10.1. The number of thiazole rings is 1. The van der Waals surface area contributed by atoms with Gasteiger partial charge in [0.2, 0.25) is 5.95 Å². The van der Waals surface area contributed by atoms with Crippen molar-refractivity contribution < 1.29 is 9.90 Å². The average molecular weight is 533 g/mol. The summed E-state index contributed by atoms with van der Waals surface area (Å²) in [6.07, 6.45) is 7.76. The lowest BCUT2D eigenvalue weighted by Gasteiger charge is -2.28. The minimum Gasteiger partial charge on any atom is -0.383 e. The molecule has 0 saturated carbocycles. The van der Waals surface area contributed by atoms with Gasteiger partial charge in [0.15, 0.2) is 0 Å². The topological polar surface area (TPSA) is 112 Å². The first-order valence-electron chi connectivity index (χ1n) is 12.7. The van der Waals surface area contributed by atoms with Crippen LogP contribution in [0.25, 0.3) is 22.0 Å². The normalized spacial score (nSPS) is 18.3. The largest absolute Gasteiger partial charge is 0.383 e. The van der Waals surface area contributed by atoms with E-state index in [-0.39, 0.29) is 5.91 Å². The fraction of sp³-hybridized carbons (Fsp3) is 0.370. The number of likely N-dealkylation sites (tertiary alicyclic amines) is 2. The van der Waals surface area contributed by atoms with Crippen LogP contribution >= 0.6 is 11.3 Å². The summed E-state index contributed by atoms with van der Waals surface area (Å²) in [5.41, 5.74) is 3.77. The van der Waals surface area contributed by atoms with E-state index in [1.807, 2.05) is 36.7 Å². The summed E-state index contributed by atoms with van der Waals surface area (Å²) in [6, 6.07) is 12.5. The zero-order chi connectivity index (χ0) is 26.5. The number of carbonyl (C=O) groups is 1. The van der Waals surface area contributed by atoms with E-state index >= 15 is 0 Å². The summed E-state index contributed by atoms with van der Waals surface area (Å²) >= 11 is 1.59. The van der Waals surface area contributed by atoms with E-state index in [0.29, 0.717) is 25.0 Å². The van der Waals surface area contributed by atoms with Crippen LogP contribution in [0.3, 0.4) is 0 Å². The van der Waals surface area contributed by atoms with Gasteiger partial charge in [-0.15, -0.1) is 11.3 Å². The van der Waals surface area contributed by atoms with Crippen LogP contribution in [-0.2, 0) is 4.79 Å². The Morgan fingerprint density at radius 2 is 1.79 bits per heavy atom. The molecular formula is C27H32N8O2S. The van der Waals surface area contributed by atoms with Gasteiger partial charge in [-0.3, -0.25) is 9.48 Å². The second-order valence-electron chi connectivity index (χ2n) is 9.60. The molecule has 5 heterocycles. The van der Waals surface area contributed by atoms with Crippen LogP contribution in [0, 0.1) is 0 Å². The number of aliphatic hydroxyl groups excluding tert-OH is 1. The van der Waals surface area contributed by atoms with Gasteiger partial charge in [-0.2, -0.15) is 5.10 Å². The van der Waals surface area contributed by atoms with Gasteiger partial charge >= 0.3 is 0 Å². The van der Waals surface area contributed by atoms with Gasteiger partial charge in [0, 0.05) is 36.9 Å². The molecule has 2 aliphatic rings. The molecule has 1 aromatic carbocycles. The number of carbonyl (C=O) groups excluding carboxylic acids is 1. The van der Waals surface area contributed by atoms with Crippen molar-refractivity contribution in [3.63, 3.8) is 0 Å². The molecule has 2 fully saturated rings. The third kappa shape index (κ3) is 6.24. The van der Waals surface area contributed by atoms with Crippen molar-refractivity contribution in [3.8, 4) is 22.0 Å². The molecule has 0 spiro atoms. The fourth-order valence-corrected chi connectivity index (χ4v) is 5.26. The van der Waals surface area contributed by atoms with Crippen LogP contribution in [0.15, 0.2) is 60.4 Å². The van der Waals surface area contributed by atoms with E-state index < -0.39 is 6.10 Å². The SMILES string of the molecule is CN1CCC(O)C1=O.CN1CCC(n2cc(Nc3nccc(-c4nc(-c5ccccc5)cs4)n3)cn2)CC1. The number of hydrogen-bond donors (Lipinski definition) is 2. The molecular weight excluding hydrogens is 500 g/mol. The van der Waals surface area contributed by atoms with Gasteiger partial charge in [0.05, 0.1) is 23.6 Å². The summed E-state index contributed by atoms with van der Waals surface area (Å²) in [4.78, 5) is 28.3. The smallest absolute Gasteiger partial charge is 0.251 e. The maximum absolute atomic E-state index is 10.6. The molecule has 38 heavy (non-hydrogen) atoms. The van der Waals surface area contributed by atoms with Crippen LogP contribution in [-0.4, -0.2) is 85.4 Å². The molecule has 10 nitrogen and oxygen atoms in total. The second-order valence-corrected chi connectivity index (χ2v) is 10.5. The standard InChI is InChI=1S/C22H23N7S.C5H9NO2/c1-28-11-8-18(9-12-28)29-14-17(13-24-29)25-22-23-10-7-19(27-22)21-26-20(15-30-21)16-5-3-2-4-6-16;1-6-3-2-4(7)5(6)8/h2-7,10,13-15,18H,8-9,11-12H2,1H3,(H,23,25,27);4,7H,2-3H2,1H3. The molecule has 1 atom stereocenters. The lowest BCUT2D eigenvalue weighted by Crippen LogP contribution is -2.31. The van der Waals surface area contributed by atoms with E-state index in [4.69, 9.17) is 10.1 Å². The van der Waals surface area contributed by atoms with Crippen LogP contribution in [0.2, 0.25) is 0 Å². The summed E-state index contributed by atoms with van der Waals surface area (Å²) in [6.45, 7) is 2.91. The second kappa shape index (κ2) is 11.8. The van der Waals surface area contributed by atoms with Crippen molar-refractivity contribution in [3.05, 3.63) is 60.4 Å². The number of piperidine rings is 1. The monoisotopic (exact) mass is 532 g/mol. The number of nitrogens with zero attached hydrogens (tertiary/aromatic N) is 7. The first kappa shape index (κ1) is 26.0. The van der Waals surface area contributed by atoms with Crippen molar-refractivity contribution in [1.82, 2.24) is 34.5 Å². The number of benzene rings is 1. The Morgan fingerprint density at radius 1 is 1.00 bits per heavy atom. The molecule has 1 amide bonds. The highest BCUT2D eigenvalue weighted by molar-refractivity contribution is 7.13. The minimum atomic E-state index is -0.722. The van der Waals surface area contributed by atoms with Crippen molar-refractivity contribution in [1.29, 1.82) is 0 Å². The first-order valence-corrected chi connectivity index (χ1v) is 13.6. The molecule has 4 aromatic rings. The Labute approximate surface area is 226 Å². The zero-order valence-electron chi connectivity index (χ0n) is 21.6. The number of aliphatic hydroxyl groups is 1. The van der Waals surface area contributed by atoms with Crippen LogP contribution in [0.5, 0.6) is 0 Å². The maximum atomic E-state index is 10.6. The van der Waals surface area contributed by atoms with Crippen LogP contribution in [0.1, 0.15) is 25.3 Å². The van der Waals surface area contributed by atoms with E-state index in [2.05, 4.69) is 54.5 Å². The van der Waals surface area contributed by atoms with Crippen molar-refractivity contribution in [2.45, 2.75) is 31.4 Å². The van der Waals surface area contributed by atoms with Gasteiger partial charge in [0.1, 0.15) is 16.8 Å². The molecule has 198 valence electrons. The Morgan fingerprint density at radius 3 is 2.47 bits per heavy atom. The number of hydrogen-bond acceptors (Lipinski definition) is 9. The van der Waals surface area contributed by atoms with Crippen molar-refractivity contribution in [2.24, 2.45) is 0 Å². The molecule has 0 bridgehead atoms. The molecule has 11 heteroatoms. The number of anilines is 2. The zero-order valence-corrected chi connectivity index (χ0v) is 22.4. The predicted octanol–water partition coefficient (Wildman–Crippen LogP) is 3.68. The van der Waals surface area contributed by atoms with Crippen LogP contribution in [0.4, 0.5) is 11.6 Å². The fourth-order valence-electron chi connectivity index (χ4n) is 4.47. The molecule has 3 aromatic heterocycles. The minimum absolute atomic E-state index is 0.148. The quantitative estimate of drug-likeness (QED) is 0.400. The number of rotatable bonds is 5. The average Bonchev–Trinajstić information content (AvgIpc) is 3.69. The molecule has 1 unspecified atom stereocenters. The van der Waals surface area contributed by atoms with E-state index in [9.17, 15) is 4.79 Å². The first-order chi connectivity index (χ1) is 18.5. The predicted molar refractivity (Wildman–Crippen MR) is 148 cm³/mol. The van der Waals surface area contributed by atoms with Gasteiger partial charge in [-0.1, -0.05) is 30.3 Å². The highest BCUT2D eigenvalue weighted by atomic mass is 32.1. The molecule has 2 N–H and O–H groups in total. The summed E-state index contributed by atoms with van der Waals surface area (Å²) < 4.78 is 2.06. The van der Waals surface area contributed by atoms with Crippen molar-refractivity contribution in [2.75, 3.05) is 39.0 Å².